The number of hydrogen-bond acceptors (Lipinski definition) is 5. The molecule has 0 unspecified atom stereocenters. The third kappa shape index (κ3) is 3.07. The van der Waals surface area contributed by atoms with E-state index in [2.05, 4.69) is 20.3 Å². The van der Waals surface area contributed by atoms with Gasteiger partial charge in [0.15, 0.2) is 5.82 Å². The highest BCUT2D eigenvalue weighted by Gasteiger charge is 2.27. The van der Waals surface area contributed by atoms with Gasteiger partial charge in [0.2, 0.25) is 5.65 Å². The van der Waals surface area contributed by atoms with Crippen LogP contribution in [0.4, 0.5) is 14.6 Å². The number of carbonyl (C=O) groups is 1. The van der Waals surface area contributed by atoms with E-state index in [1.54, 1.807) is 10.6 Å². The molecule has 1 fully saturated rings. The number of fused-ring (bicyclic) bond motifs is 1. The highest BCUT2D eigenvalue weighted by atomic mass is 19.3. The summed E-state index contributed by atoms with van der Waals surface area (Å²) < 4.78 is 32.5. The number of aromatic nitrogens is 4. The highest BCUT2D eigenvalue weighted by molar-refractivity contribution is 6.02. The minimum atomic E-state index is -2.75. The molecule has 0 saturated heterocycles. The molecule has 0 radical (unpaired) electrons. The van der Waals surface area contributed by atoms with Crippen LogP contribution in [0.1, 0.15) is 47.1 Å². The van der Waals surface area contributed by atoms with Gasteiger partial charge in [-0.1, -0.05) is 6.07 Å². The Bertz CT molecular complexity index is 984. The Hall–Kier alpha value is -3.10. The van der Waals surface area contributed by atoms with Gasteiger partial charge in [-0.25, -0.2) is 18.7 Å². The van der Waals surface area contributed by atoms with Gasteiger partial charge < -0.3 is 10.1 Å². The van der Waals surface area contributed by atoms with E-state index in [0.717, 1.165) is 18.5 Å². The minimum Gasteiger partial charge on any atom is -0.478 e. The lowest BCUT2D eigenvalue weighted by Crippen LogP contribution is -2.16. The van der Waals surface area contributed by atoms with Gasteiger partial charge in [-0.3, -0.25) is 9.20 Å². The molecule has 1 aliphatic rings. The summed E-state index contributed by atoms with van der Waals surface area (Å²) in [5.41, 5.74) is 0.945. The molecule has 0 spiro atoms. The molecule has 1 aliphatic carbocycles. The topological polar surface area (TPSA) is 81.4 Å². The van der Waals surface area contributed by atoms with Crippen LogP contribution < -0.4 is 10.1 Å². The summed E-state index contributed by atoms with van der Waals surface area (Å²) >= 11 is 0. The third-order valence-corrected chi connectivity index (χ3v) is 4.08. The van der Waals surface area contributed by atoms with Crippen LogP contribution >= 0.6 is 0 Å². The summed E-state index contributed by atoms with van der Waals surface area (Å²) in [6.45, 7) is 0. The van der Waals surface area contributed by atoms with Gasteiger partial charge in [-0.05, 0) is 25.0 Å². The molecule has 4 rings (SSSR count). The lowest BCUT2D eigenvalue weighted by molar-refractivity contribution is 0.101. The summed E-state index contributed by atoms with van der Waals surface area (Å²) in [7, 11) is 1.47. The van der Waals surface area contributed by atoms with Crippen LogP contribution in [0.3, 0.4) is 0 Å². The summed E-state index contributed by atoms with van der Waals surface area (Å²) in [6.07, 6.45) is 2.95. The number of carbonyl (C=O) groups excluding carboxylic acids is 1. The molecular formula is C17H15F2N5O2. The van der Waals surface area contributed by atoms with Crippen molar-refractivity contribution in [2.75, 3.05) is 12.4 Å². The Kier molecular flexibility index (Phi) is 3.98. The lowest BCUT2D eigenvalue weighted by Gasteiger charge is -2.08. The second-order valence-electron chi connectivity index (χ2n) is 6.01. The van der Waals surface area contributed by atoms with Crippen molar-refractivity contribution in [3.8, 4) is 5.88 Å². The highest BCUT2D eigenvalue weighted by Crippen LogP contribution is 2.40. The number of anilines is 1. The number of amides is 1. The average Bonchev–Trinajstić information content (AvgIpc) is 3.40. The fraction of sp³-hybridized carbons (Fsp3) is 0.294. The molecule has 0 aliphatic heterocycles. The van der Waals surface area contributed by atoms with Gasteiger partial charge in [-0.2, -0.15) is 4.98 Å². The number of nitrogens with zero attached hydrogens (tertiary/aromatic N) is 4. The van der Waals surface area contributed by atoms with Crippen molar-refractivity contribution in [2.24, 2.45) is 0 Å². The van der Waals surface area contributed by atoms with Crippen molar-refractivity contribution < 1.29 is 18.3 Å². The molecular weight excluding hydrogens is 344 g/mol. The first-order valence-electron chi connectivity index (χ1n) is 8.05. The lowest BCUT2D eigenvalue weighted by atomic mass is 10.3. The molecule has 1 amide bonds. The molecule has 3 aromatic rings. The van der Waals surface area contributed by atoms with E-state index in [1.165, 1.54) is 25.3 Å². The second kappa shape index (κ2) is 6.32. The largest absolute Gasteiger partial charge is 0.478 e. The third-order valence-electron chi connectivity index (χ3n) is 4.08. The molecule has 0 bridgehead atoms. The predicted octanol–water partition coefficient (Wildman–Crippen LogP) is 3.20. The molecule has 134 valence electrons. The maximum atomic E-state index is 12.7. The van der Waals surface area contributed by atoms with Crippen molar-refractivity contribution in [3.05, 3.63) is 47.7 Å². The Morgan fingerprint density at radius 1 is 1.27 bits per heavy atom. The number of pyridine rings is 1. The fourth-order valence-electron chi connectivity index (χ4n) is 2.64. The van der Waals surface area contributed by atoms with Crippen molar-refractivity contribution >= 4 is 17.4 Å². The van der Waals surface area contributed by atoms with Gasteiger partial charge in [-0.15, -0.1) is 0 Å². The van der Waals surface area contributed by atoms with Crippen LogP contribution in [0.2, 0.25) is 0 Å². The van der Waals surface area contributed by atoms with Gasteiger partial charge in [0.05, 0.1) is 19.0 Å². The van der Waals surface area contributed by atoms with Crippen LogP contribution in [0.15, 0.2) is 30.6 Å². The number of methoxy groups -OCH3 is 1. The molecule has 3 aromatic heterocycles. The first kappa shape index (κ1) is 16.4. The number of rotatable bonds is 5. The zero-order chi connectivity index (χ0) is 18.3. The second-order valence-corrected chi connectivity index (χ2v) is 6.01. The summed E-state index contributed by atoms with van der Waals surface area (Å²) in [4.78, 5) is 24.7. The van der Waals surface area contributed by atoms with Crippen LogP contribution in [-0.4, -0.2) is 32.4 Å². The first-order chi connectivity index (χ1) is 12.5. The van der Waals surface area contributed by atoms with Crippen molar-refractivity contribution in [3.63, 3.8) is 0 Å². The van der Waals surface area contributed by atoms with Gasteiger partial charge in [0.1, 0.15) is 11.4 Å². The predicted molar refractivity (Wildman–Crippen MR) is 88.7 cm³/mol. The quantitative estimate of drug-likeness (QED) is 0.757. The summed E-state index contributed by atoms with van der Waals surface area (Å²) in [5.74, 6) is 0.301. The number of halogens is 2. The molecule has 0 atom stereocenters. The number of ether oxygens (including phenoxy) is 1. The number of hydrogen-bond donors (Lipinski definition) is 1. The zero-order valence-corrected chi connectivity index (χ0v) is 13.8. The van der Waals surface area contributed by atoms with Crippen molar-refractivity contribution in [1.29, 1.82) is 0 Å². The first-order valence-corrected chi connectivity index (χ1v) is 8.05. The van der Waals surface area contributed by atoms with E-state index in [4.69, 9.17) is 4.74 Å². The minimum absolute atomic E-state index is 0.118. The van der Waals surface area contributed by atoms with Gasteiger partial charge in [0, 0.05) is 12.1 Å². The average molecular weight is 359 g/mol. The molecule has 3 heterocycles. The Labute approximate surface area is 147 Å². The SMILES string of the molecule is COc1nc(NC(=O)c2cccc(C(F)F)n2)cn2cc(C3CC3)nc12. The standard InChI is InChI=1S/C17H15F2N5O2/c1-26-17-15-21-12(9-5-6-9)7-24(15)8-13(23-17)22-16(25)11-4-2-3-10(20-11)14(18)19/h2-4,7-9,14H,5-6H2,1H3,(H,22,25). The monoisotopic (exact) mass is 359 g/mol. The summed E-state index contributed by atoms with van der Waals surface area (Å²) in [6, 6.07) is 3.89. The number of alkyl halides is 2. The van der Waals surface area contributed by atoms with Crippen LogP contribution in [-0.2, 0) is 0 Å². The molecule has 26 heavy (non-hydrogen) atoms. The molecule has 7 nitrogen and oxygen atoms in total. The smallest absolute Gasteiger partial charge is 0.280 e. The number of imidazole rings is 1. The Morgan fingerprint density at radius 2 is 2.08 bits per heavy atom. The van der Waals surface area contributed by atoms with Crippen LogP contribution in [0.5, 0.6) is 5.88 Å². The van der Waals surface area contributed by atoms with E-state index in [1.807, 2.05) is 6.20 Å². The van der Waals surface area contributed by atoms with E-state index in [-0.39, 0.29) is 17.4 Å². The molecule has 0 aromatic carbocycles. The van der Waals surface area contributed by atoms with E-state index < -0.39 is 18.0 Å². The van der Waals surface area contributed by atoms with Crippen molar-refractivity contribution in [2.45, 2.75) is 25.2 Å². The fourth-order valence-corrected chi connectivity index (χ4v) is 2.64. The van der Waals surface area contributed by atoms with Gasteiger partial charge >= 0.3 is 0 Å². The Morgan fingerprint density at radius 3 is 2.77 bits per heavy atom. The Balaban J connectivity index is 1.64. The molecule has 9 heteroatoms. The maximum Gasteiger partial charge on any atom is 0.280 e. The van der Waals surface area contributed by atoms with Crippen molar-refractivity contribution in [1.82, 2.24) is 19.4 Å². The molecule has 1 N–H and O–H groups in total. The summed E-state index contributed by atoms with van der Waals surface area (Å²) in [5, 5.41) is 2.56. The van der Waals surface area contributed by atoms with Crippen LogP contribution in [0.25, 0.3) is 5.65 Å². The number of nitrogens with one attached hydrogen (secondary N) is 1. The van der Waals surface area contributed by atoms with E-state index in [9.17, 15) is 13.6 Å². The maximum absolute atomic E-state index is 12.7. The van der Waals surface area contributed by atoms with Crippen LogP contribution in [0, 0.1) is 0 Å². The normalized spacial score (nSPS) is 14.0. The van der Waals surface area contributed by atoms with Gasteiger partial charge in [0.25, 0.3) is 18.2 Å². The van der Waals surface area contributed by atoms with E-state index in [0.29, 0.717) is 11.6 Å². The molecule has 1 saturated carbocycles. The zero-order valence-electron chi connectivity index (χ0n) is 13.8. The van der Waals surface area contributed by atoms with E-state index >= 15 is 0 Å².